The third kappa shape index (κ3) is 3.98. The Morgan fingerprint density at radius 2 is 1.65 bits per heavy atom. The highest BCUT2D eigenvalue weighted by atomic mass is 16.5. The standard InChI is InChI=1S/C24H21N3O4/c1-29-21-11-16(12-22(30-2)23(21)31-3)26-24(28)18-13-20(15-7-6-10-25-14-15)27-19-9-5-4-8-17(18)19/h4-14H,1-3H3,(H,26,28). The zero-order chi connectivity index (χ0) is 21.8. The van der Waals surface area contributed by atoms with Crippen molar-refractivity contribution in [2.45, 2.75) is 0 Å². The van der Waals surface area contributed by atoms with Gasteiger partial charge in [0.1, 0.15) is 0 Å². The van der Waals surface area contributed by atoms with Crippen LogP contribution >= 0.6 is 0 Å². The van der Waals surface area contributed by atoms with Gasteiger partial charge in [0.25, 0.3) is 5.91 Å². The first-order valence-electron chi connectivity index (χ1n) is 9.56. The van der Waals surface area contributed by atoms with Crippen LogP contribution in [0.5, 0.6) is 17.2 Å². The molecule has 4 rings (SSSR count). The molecule has 0 saturated carbocycles. The maximum absolute atomic E-state index is 13.3. The molecule has 0 aliphatic carbocycles. The smallest absolute Gasteiger partial charge is 0.256 e. The molecule has 0 unspecified atom stereocenters. The van der Waals surface area contributed by atoms with Crippen molar-refractivity contribution in [1.29, 1.82) is 0 Å². The van der Waals surface area contributed by atoms with Gasteiger partial charge in [-0.2, -0.15) is 0 Å². The predicted molar refractivity (Wildman–Crippen MR) is 119 cm³/mol. The number of pyridine rings is 2. The maximum Gasteiger partial charge on any atom is 0.256 e. The van der Waals surface area contributed by atoms with Crippen molar-refractivity contribution >= 4 is 22.5 Å². The normalized spacial score (nSPS) is 10.5. The average Bonchev–Trinajstić information content (AvgIpc) is 2.83. The van der Waals surface area contributed by atoms with E-state index in [4.69, 9.17) is 19.2 Å². The Morgan fingerprint density at radius 3 is 2.29 bits per heavy atom. The van der Waals surface area contributed by atoms with Crippen LogP contribution in [0.1, 0.15) is 10.4 Å². The number of benzene rings is 2. The number of carbonyl (C=O) groups is 1. The van der Waals surface area contributed by atoms with Gasteiger partial charge in [-0.05, 0) is 24.3 Å². The van der Waals surface area contributed by atoms with E-state index in [2.05, 4.69) is 10.3 Å². The van der Waals surface area contributed by atoms with Crippen LogP contribution in [0.4, 0.5) is 5.69 Å². The Balaban J connectivity index is 1.78. The van der Waals surface area contributed by atoms with Gasteiger partial charge >= 0.3 is 0 Å². The Bertz CT molecular complexity index is 1220. The molecule has 0 fully saturated rings. The SMILES string of the molecule is COc1cc(NC(=O)c2cc(-c3cccnc3)nc3ccccc23)cc(OC)c1OC. The van der Waals surface area contributed by atoms with Gasteiger partial charge < -0.3 is 19.5 Å². The molecular formula is C24H21N3O4. The van der Waals surface area contributed by atoms with Gasteiger partial charge in [-0.15, -0.1) is 0 Å². The summed E-state index contributed by atoms with van der Waals surface area (Å²) in [6.45, 7) is 0. The molecule has 1 amide bonds. The number of fused-ring (bicyclic) bond motifs is 1. The number of aromatic nitrogens is 2. The Labute approximate surface area is 179 Å². The summed E-state index contributed by atoms with van der Waals surface area (Å²) in [6.07, 6.45) is 3.42. The van der Waals surface area contributed by atoms with E-state index >= 15 is 0 Å². The Kier molecular flexibility index (Phi) is 5.66. The minimum atomic E-state index is -0.280. The summed E-state index contributed by atoms with van der Waals surface area (Å²) in [5.41, 5.74) is 3.23. The Hall–Kier alpha value is -4.13. The van der Waals surface area contributed by atoms with E-state index < -0.39 is 0 Å². The molecule has 156 valence electrons. The highest BCUT2D eigenvalue weighted by molar-refractivity contribution is 6.13. The summed E-state index contributed by atoms with van der Waals surface area (Å²) in [4.78, 5) is 22.2. The molecule has 31 heavy (non-hydrogen) atoms. The van der Waals surface area contributed by atoms with Crippen LogP contribution in [0.25, 0.3) is 22.2 Å². The summed E-state index contributed by atoms with van der Waals surface area (Å²) in [6, 6.07) is 16.4. The van der Waals surface area contributed by atoms with Gasteiger partial charge in [-0.25, -0.2) is 4.98 Å². The van der Waals surface area contributed by atoms with Crippen molar-refractivity contribution in [3.8, 4) is 28.5 Å². The number of methoxy groups -OCH3 is 3. The molecule has 0 radical (unpaired) electrons. The summed E-state index contributed by atoms with van der Waals surface area (Å²) in [5, 5.41) is 3.68. The van der Waals surface area contributed by atoms with Crippen molar-refractivity contribution in [3.63, 3.8) is 0 Å². The molecule has 7 heteroatoms. The number of ether oxygens (including phenoxy) is 3. The molecule has 0 aliphatic heterocycles. The van der Waals surface area contributed by atoms with Gasteiger partial charge in [0.2, 0.25) is 5.75 Å². The third-order valence-corrected chi connectivity index (χ3v) is 4.84. The van der Waals surface area contributed by atoms with Gasteiger partial charge in [-0.3, -0.25) is 9.78 Å². The molecule has 1 N–H and O–H groups in total. The first kappa shape index (κ1) is 20.2. The maximum atomic E-state index is 13.3. The number of para-hydroxylation sites is 1. The van der Waals surface area contributed by atoms with Crippen LogP contribution in [0.3, 0.4) is 0 Å². The van der Waals surface area contributed by atoms with Crippen molar-refractivity contribution in [2.24, 2.45) is 0 Å². The van der Waals surface area contributed by atoms with Gasteiger partial charge in [0.05, 0.1) is 38.1 Å². The van der Waals surface area contributed by atoms with E-state index in [1.165, 1.54) is 21.3 Å². The molecule has 0 aliphatic rings. The first-order chi connectivity index (χ1) is 15.1. The fraction of sp³-hybridized carbons (Fsp3) is 0.125. The van der Waals surface area contributed by atoms with Crippen molar-refractivity contribution in [3.05, 3.63) is 72.6 Å². The third-order valence-electron chi connectivity index (χ3n) is 4.84. The first-order valence-corrected chi connectivity index (χ1v) is 9.56. The molecule has 0 bridgehead atoms. The molecule has 2 aromatic carbocycles. The summed E-state index contributed by atoms with van der Waals surface area (Å²) < 4.78 is 16.1. The van der Waals surface area contributed by atoms with Crippen molar-refractivity contribution in [1.82, 2.24) is 9.97 Å². The van der Waals surface area contributed by atoms with Crippen molar-refractivity contribution in [2.75, 3.05) is 26.6 Å². The van der Waals surface area contributed by atoms with Crippen LogP contribution in [-0.4, -0.2) is 37.2 Å². The van der Waals surface area contributed by atoms with Crippen LogP contribution in [0, 0.1) is 0 Å². The van der Waals surface area contributed by atoms with E-state index in [9.17, 15) is 4.79 Å². The van der Waals surface area contributed by atoms with E-state index in [0.717, 1.165) is 16.5 Å². The lowest BCUT2D eigenvalue weighted by Gasteiger charge is -2.15. The summed E-state index contributed by atoms with van der Waals surface area (Å²) >= 11 is 0. The number of amides is 1. The summed E-state index contributed by atoms with van der Waals surface area (Å²) in [7, 11) is 4.58. The van der Waals surface area contributed by atoms with Crippen LogP contribution in [-0.2, 0) is 0 Å². The molecule has 0 saturated heterocycles. The molecule has 2 aromatic heterocycles. The molecule has 7 nitrogen and oxygen atoms in total. The predicted octanol–water partition coefficient (Wildman–Crippen LogP) is 4.57. The molecule has 0 spiro atoms. The number of hydrogen-bond donors (Lipinski definition) is 1. The zero-order valence-electron chi connectivity index (χ0n) is 17.4. The minimum Gasteiger partial charge on any atom is -0.493 e. The lowest BCUT2D eigenvalue weighted by atomic mass is 10.0. The van der Waals surface area contributed by atoms with Gasteiger partial charge in [0, 0.05) is 41.2 Å². The number of hydrogen-bond acceptors (Lipinski definition) is 6. The fourth-order valence-electron chi connectivity index (χ4n) is 3.38. The number of nitrogens with zero attached hydrogens (tertiary/aromatic N) is 2. The quantitative estimate of drug-likeness (QED) is 0.497. The van der Waals surface area contributed by atoms with Crippen LogP contribution in [0.15, 0.2) is 67.0 Å². The fourth-order valence-corrected chi connectivity index (χ4v) is 3.38. The highest BCUT2D eigenvalue weighted by Crippen LogP contribution is 2.40. The van der Waals surface area contributed by atoms with Crippen molar-refractivity contribution < 1.29 is 19.0 Å². The highest BCUT2D eigenvalue weighted by Gasteiger charge is 2.18. The number of anilines is 1. The lowest BCUT2D eigenvalue weighted by molar-refractivity contribution is 0.102. The van der Waals surface area contributed by atoms with E-state index in [0.29, 0.717) is 34.2 Å². The van der Waals surface area contributed by atoms with E-state index in [-0.39, 0.29) is 5.91 Å². The van der Waals surface area contributed by atoms with Crippen LogP contribution in [0.2, 0.25) is 0 Å². The summed E-state index contributed by atoms with van der Waals surface area (Å²) in [5.74, 6) is 1.08. The largest absolute Gasteiger partial charge is 0.493 e. The van der Waals surface area contributed by atoms with Gasteiger partial charge in [0.15, 0.2) is 11.5 Å². The van der Waals surface area contributed by atoms with Gasteiger partial charge in [-0.1, -0.05) is 18.2 Å². The second-order valence-electron chi connectivity index (χ2n) is 6.68. The number of rotatable bonds is 6. The van der Waals surface area contributed by atoms with E-state index in [1.807, 2.05) is 36.4 Å². The second kappa shape index (κ2) is 8.71. The zero-order valence-corrected chi connectivity index (χ0v) is 17.4. The molecular weight excluding hydrogens is 394 g/mol. The molecule has 2 heterocycles. The second-order valence-corrected chi connectivity index (χ2v) is 6.68. The average molecular weight is 415 g/mol. The monoisotopic (exact) mass is 415 g/mol. The topological polar surface area (TPSA) is 82.6 Å². The molecule has 0 atom stereocenters. The van der Waals surface area contributed by atoms with E-state index in [1.54, 1.807) is 30.6 Å². The lowest BCUT2D eigenvalue weighted by Crippen LogP contribution is -2.13. The number of nitrogens with one attached hydrogen (secondary N) is 1. The Morgan fingerprint density at radius 1 is 0.903 bits per heavy atom. The van der Waals surface area contributed by atoms with Crippen LogP contribution < -0.4 is 19.5 Å². The molecule has 4 aromatic rings. The minimum absolute atomic E-state index is 0.280. The number of carbonyl (C=O) groups excluding carboxylic acids is 1.